The van der Waals surface area contributed by atoms with Crippen LogP contribution >= 0.6 is 0 Å². The number of nitrogens with one attached hydrogen (secondary N) is 2. The quantitative estimate of drug-likeness (QED) is 0.805. The summed E-state index contributed by atoms with van der Waals surface area (Å²) in [7, 11) is 2.03. The fraction of sp³-hybridized carbons (Fsp3) is 0.364. The minimum Gasteiger partial charge on any atom is -0.333 e. The zero-order valence-corrected chi connectivity index (χ0v) is 15.4. The third-order valence-corrected chi connectivity index (χ3v) is 5.22. The molecule has 2 aromatic carbocycles. The number of amides is 1. The zero-order valence-electron chi connectivity index (χ0n) is 15.4. The van der Waals surface area contributed by atoms with Gasteiger partial charge in [0.1, 0.15) is 11.6 Å². The van der Waals surface area contributed by atoms with Crippen LogP contribution in [0.5, 0.6) is 0 Å². The molecular weight excluding hydrogens is 322 g/mol. The van der Waals surface area contributed by atoms with Crippen LogP contribution in [0.2, 0.25) is 0 Å². The molecule has 1 aliphatic rings. The van der Waals surface area contributed by atoms with E-state index < -0.39 is 5.54 Å². The highest BCUT2D eigenvalue weighted by Gasteiger charge is 2.43. The highest BCUT2D eigenvalue weighted by atomic mass is 16.2. The van der Waals surface area contributed by atoms with Crippen molar-refractivity contribution in [2.45, 2.75) is 31.3 Å². The first-order valence-electron chi connectivity index (χ1n) is 9.18. The Balaban J connectivity index is 1.77. The molecule has 2 N–H and O–H groups in total. The largest absolute Gasteiger partial charge is 0.333 e. The van der Waals surface area contributed by atoms with E-state index in [9.17, 15) is 10.1 Å². The van der Waals surface area contributed by atoms with E-state index in [-0.39, 0.29) is 17.9 Å². The maximum Gasteiger partial charge on any atom is 0.276 e. The average Bonchev–Trinajstić information content (AvgIpc) is 3.49. The van der Waals surface area contributed by atoms with Gasteiger partial charge in [-0.15, -0.1) is 0 Å². The summed E-state index contributed by atoms with van der Waals surface area (Å²) in [6.45, 7) is 2.15. The molecule has 0 heterocycles. The second-order valence-corrected chi connectivity index (χ2v) is 7.41. The SMILES string of the molecule is C[NH+](CC(=O)N[C@](C)(C#N)C1CC1)C(c1ccccc1)c1ccccc1. The van der Waals surface area contributed by atoms with Crippen molar-refractivity contribution in [3.63, 3.8) is 0 Å². The van der Waals surface area contributed by atoms with Crippen LogP contribution in [-0.4, -0.2) is 25.0 Å². The van der Waals surface area contributed by atoms with Crippen molar-refractivity contribution in [1.29, 1.82) is 5.26 Å². The van der Waals surface area contributed by atoms with Crippen molar-refractivity contribution in [3.8, 4) is 6.07 Å². The fourth-order valence-corrected chi connectivity index (χ4v) is 3.62. The van der Waals surface area contributed by atoms with Gasteiger partial charge in [0.15, 0.2) is 6.54 Å². The van der Waals surface area contributed by atoms with E-state index in [1.807, 2.05) is 50.4 Å². The summed E-state index contributed by atoms with van der Waals surface area (Å²) in [5.74, 6) is 0.214. The number of carbonyl (C=O) groups excluding carboxylic acids is 1. The van der Waals surface area contributed by atoms with Crippen molar-refractivity contribution in [2.75, 3.05) is 13.6 Å². The van der Waals surface area contributed by atoms with Gasteiger partial charge in [-0.25, -0.2) is 0 Å². The van der Waals surface area contributed by atoms with Crippen molar-refractivity contribution in [1.82, 2.24) is 5.32 Å². The van der Waals surface area contributed by atoms with Gasteiger partial charge in [0.25, 0.3) is 5.91 Å². The Morgan fingerprint density at radius 1 is 1.15 bits per heavy atom. The van der Waals surface area contributed by atoms with E-state index in [0.717, 1.165) is 17.7 Å². The number of nitriles is 1. The summed E-state index contributed by atoms with van der Waals surface area (Å²) in [5.41, 5.74) is 1.61. The molecule has 1 amide bonds. The van der Waals surface area contributed by atoms with E-state index in [1.54, 1.807) is 0 Å². The van der Waals surface area contributed by atoms with Crippen LogP contribution in [0.4, 0.5) is 0 Å². The first-order chi connectivity index (χ1) is 12.5. The Morgan fingerprint density at radius 3 is 2.08 bits per heavy atom. The van der Waals surface area contributed by atoms with Crippen LogP contribution in [0.1, 0.15) is 36.9 Å². The Morgan fingerprint density at radius 2 is 1.65 bits per heavy atom. The number of likely N-dealkylation sites (N-methyl/N-ethyl adjacent to an activating group) is 1. The fourth-order valence-electron chi connectivity index (χ4n) is 3.62. The number of carbonyl (C=O) groups is 1. The summed E-state index contributed by atoms with van der Waals surface area (Å²) in [5, 5.41) is 12.4. The highest BCUT2D eigenvalue weighted by Crippen LogP contribution is 2.39. The van der Waals surface area contributed by atoms with Crippen LogP contribution < -0.4 is 10.2 Å². The topological polar surface area (TPSA) is 57.3 Å². The Labute approximate surface area is 155 Å². The molecule has 0 radical (unpaired) electrons. The standard InChI is InChI=1S/C22H25N3O/c1-22(16-23,19-13-14-19)24-20(26)15-25(2)21(17-9-5-3-6-10-17)18-11-7-4-8-12-18/h3-12,19,21H,13-15H2,1-2H3,(H,24,26)/p+1/t22-/m1/s1. The van der Waals surface area contributed by atoms with Crippen LogP contribution in [0.15, 0.2) is 60.7 Å². The molecule has 1 aliphatic carbocycles. The molecule has 1 saturated carbocycles. The van der Waals surface area contributed by atoms with Gasteiger partial charge in [-0.2, -0.15) is 5.26 Å². The molecule has 134 valence electrons. The summed E-state index contributed by atoms with van der Waals surface area (Å²) < 4.78 is 0. The predicted octanol–water partition coefficient (Wildman–Crippen LogP) is 2.10. The second kappa shape index (κ2) is 7.72. The Kier molecular flexibility index (Phi) is 5.39. The van der Waals surface area contributed by atoms with Gasteiger partial charge in [0.2, 0.25) is 0 Å². The molecule has 0 bridgehead atoms. The molecule has 2 atom stereocenters. The molecule has 3 rings (SSSR count). The third kappa shape index (κ3) is 4.12. The monoisotopic (exact) mass is 348 g/mol. The number of benzene rings is 2. The van der Waals surface area contributed by atoms with Crippen molar-refractivity contribution in [3.05, 3.63) is 71.8 Å². The lowest BCUT2D eigenvalue weighted by atomic mass is 9.96. The maximum atomic E-state index is 12.6. The lowest BCUT2D eigenvalue weighted by Crippen LogP contribution is -3.10. The average molecular weight is 348 g/mol. The summed E-state index contributed by atoms with van der Waals surface area (Å²) >= 11 is 0. The molecule has 4 heteroatoms. The van der Waals surface area contributed by atoms with Gasteiger partial charge in [-0.1, -0.05) is 60.7 Å². The number of quaternary nitrogens is 1. The first-order valence-corrected chi connectivity index (χ1v) is 9.18. The van der Waals surface area contributed by atoms with E-state index in [2.05, 4.69) is 35.7 Å². The van der Waals surface area contributed by atoms with Crippen LogP contribution in [-0.2, 0) is 4.79 Å². The molecule has 0 saturated heterocycles. The molecule has 0 spiro atoms. The molecular formula is C22H26N3O+. The summed E-state index contributed by atoms with van der Waals surface area (Å²) in [6, 6.07) is 22.9. The van der Waals surface area contributed by atoms with E-state index in [1.165, 1.54) is 11.1 Å². The first kappa shape index (κ1) is 18.2. The number of rotatable bonds is 7. The number of hydrogen-bond acceptors (Lipinski definition) is 2. The van der Waals surface area contributed by atoms with Gasteiger partial charge in [0.05, 0.1) is 13.1 Å². The van der Waals surface area contributed by atoms with Gasteiger partial charge < -0.3 is 10.2 Å². The number of hydrogen-bond donors (Lipinski definition) is 2. The molecule has 2 aromatic rings. The highest BCUT2D eigenvalue weighted by molar-refractivity contribution is 5.78. The minimum absolute atomic E-state index is 0.0671. The minimum atomic E-state index is -0.744. The van der Waals surface area contributed by atoms with Crippen LogP contribution in [0.25, 0.3) is 0 Å². The van der Waals surface area contributed by atoms with E-state index in [4.69, 9.17) is 0 Å². The third-order valence-electron chi connectivity index (χ3n) is 5.22. The Bertz CT molecular complexity index is 741. The molecule has 0 aliphatic heterocycles. The van der Waals surface area contributed by atoms with Crippen LogP contribution in [0, 0.1) is 17.2 Å². The molecule has 26 heavy (non-hydrogen) atoms. The van der Waals surface area contributed by atoms with E-state index >= 15 is 0 Å². The predicted molar refractivity (Wildman–Crippen MR) is 101 cm³/mol. The number of nitrogens with zero attached hydrogens (tertiary/aromatic N) is 1. The van der Waals surface area contributed by atoms with Gasteiger partial charge in [-0.3, -0.25) is 4.79 Å². The van der Waals surface area contributed by atoms with Crippen molar-refractivity contribution >= 4 is 5.91 Å². The van der Waals surface area contributed by atoms with Gasteiger partial charge in [0, 0.05) is 11.1 Å². The Hall–Kier alpha value is -2.64. The zero-order chi connectivity index (χ0) is 18.6. The van der Waals surface area contributed by atoms with Crippen molar-refractivity contribution < 1.29 is 9.69 Å². The lowest BCUT2D eigenvalue weighted by molar-refractivity contribution is -0.898. The summed E-state index contributed by atoms with van der Waals surface area (Å²) in [4.78, 5) is 13.7. The molecule has 1 fully saturated rings. The molecule has 1 unspecified atom stereocenters. The normalized spacial score (nSPS) is 17.2. The summed E-state index contributed by atoms with van der Waals surface area (Å²) in [6.07, 6.45) is 2.04. The van der Waals surface area contributed by atoms with Crippen LogP contribution in [0.3, 0.4) is 0 Å². The smallest absolute Gasteiger partial charge is 0.276 e. The lowest BCUT2D eigenvalue weighted by Gasteiger charge is -2.28. The van der Waals surface area contributed by atoms with Crippen molar-refractivity contribution in [2.24, 2.45) is 5.92 Å². The molecule has 4 nitrogen and oxygen atoms in total. The molecule has 0 aromatic heterocycles. The second-order valence-electron chi connectivity index (χ2n) is 7.41. The van der Waals surface area contributed by atoms with E-state index in [0.29, 0.717) is 6.54 Å². The van der Waals surface area contributed by atoms with Gasteiger partial charge >= 0.3 is 0 Å². The maximum absolute atomic E-state index is 12.6. The van der Waals surface area contributed by atoms with Gasteiger partial charge in [-0.05, 0) is 25.7 Å².